The lowest BCUT2D eigenvalue weighted by Crippen LogP contribution is -1.96. The maximum atomic E-state index is 5.12. The van der Waals surface area contributed by atoms with Crippen LogP contribution in [0.15, 0.2) is 218 Å². The molecule has 11 rings (SSSR count). The van der Waals surface area contributed by atoms with Gasteiger partial charge in [0.1, 0.15) is 0 Å². The molecule has 0 atom stereocenters. The Bertz CT molecular complexity index is 3110. The Morgan fingerprint density at radius 2 is 0.780 bits per heavy atom. The Morgan fingerprint density at radius 3 is 1.49 bits per heavy atom. The molecule has 2 nitrogen and oxygen atoms in total. The van der Waals surface area contributed by atoms with Gasteiger partial charge in [-0.05, 0) is 114 Å². The molecule has 59 heavy (non-hydrogen) atoms. The fourth-order valence-corrected chi connectivity index (χ4v) is 8.84. The summed E-state index contributed by atoms with van der Waals surface area (Å²) in [4.78, 5) is 10.1. The van der Waals surface area contributed by atoms with Crippen LogP contribution in [0.2, 0.25) is 0 Å². The van der Waals surface area contributed by atoms with Crippen LogP contribution >= 0.6 is 0 Å². The van der Waals surface area contributed by atoms with E-state index in [4.69, 9.17) is 9.97 Å². The van der Waals surface area contributed by atoms with Gasteiger partial charge in [0, 0.05) is 16.7 Å². The third kappa shape index (κ3) is 6.42. The van der Waals surface area contributed by atoms with Crippen LogP contribution in [-0.2, 0) is 6.42 Å². The van der Waals surface area contributed by atoms with Crippen molar-refractivity contribution in [1.82, 2.24) is 9.97 Å². The molecule has 0 bridgehead atoms. The van der Waals surface area contributed by atoms with Crippen molar-refractivity contribution in [1.29, 1.82) is 0 Å². The average molecular weight is 751 g/mol. The minimum Gasteiger partial charge on any atom is -0.228 e. The average Bonchev–Trinajstić information content (AvgIpc) is 3.70. The number of nitrogens with zero attached hydrogens (tertiary/aromatic N) is 2. The van der Waals surface area contributed by atoms with Crippen molar-refractivity contribution in [3.8, 4) is 89.5 Å². The summed E-state index contributed by atoms with van der Waals surface area (Å²) < 4.78 is 0. The van der Waals surface area contributed by atoms with Crippen LogP contribution in [0.4, 0.5) is 0 Å². The first-order valence-electron chi connectivity index (χ1n) is 20.3. The Kier molecular flexibility index (Phi) is 8.60. The zero-order chi connectivity index (χ0) is 39.1. The largest absolute Gasteiger partial charge is 0.228 e. The molecule has 0 fully saturated rings. The van der Waals surface area contributed by atoms with E-state index in [1.807, 2.05) is 24.3 Å². The van der Waals surface area contributed by atoms with Gasteiger partial charge in [-0.25, -0.2) is 9.97 Å². The Labute approximate surface area is 344 Å². The van der Waals surface area contributed by atoms with E-state index in [-0.39, 0.29) is 0 Å². The Balaban J connectivity index is 1.00. The highest BCUT2D eigenvalue weighted by molar-refractivity contribution is 6.05. The molecule has 0 saturated heterocycles. The van der Waals surface area contributed by atoms with Gasteiger partial charge in [0.05, 0.1) is 11.4 Å². The lowest BCUT2D eigenvalue weighted by molar-refractivity contribution is 1.18. The van der Waals surface area contributed by atoms with Gasteiger partial charge in [-0.1, -0.05) is 188 Å². The standard InChI is InChI=1S/C57H38N2/c1-4-16-38(17-5-1)47-26-10-11-27-48(47)44-30-31-45-35-53-50-29-13-12-28-49(50)52(36-54(53)51(45)34-44)43-24-14-22-41(32-43)42-23-15-25-46(33-42)56-37-55(39-18-6-2-7-19-39)58-57(59-56)40-20-8-3-9-21-40/h1-34,36-37H,35H2. The predicted molar refractivity (Wildman–Crippen MR) is 246 cm³/mol. The predicted octanol–water partition coefficient (Wildman–Crippen LogP) is 14.9. The van der Waals surface area contributed by atoms with E-state index in [0.29, 0.717) is 5.82 Å². The molecule has 0 amide bonds. The molecule has 0 radical (unpaired) electrons. The van der Waals surface area contributed by atoms with E-state index in [1.165, 1.54) is 66.4 Å². The zero-order valence-electron chi connectivity index (χ0n) is 32.4. The van der Waals surface area contributed by atoms with Gasteiger partial charge in [-0.2, -0.15) is 0 Å². The molecule has 0 saturated carbocycles. The Hall–Kier alpha value is -7.68. The molecule has 2 heteroatoms. The molecular weight excluding hydrogens is 713 g/mol. The first kappa shape index (κ1) is 34.6. The third-order valence-electron chi connectivity index (χ3n) is 11.7. The summed E-state index contributed by atoms with van der Waals surface area (Å²) in [6, 6.07) is 78.4. The summed E-state index contributed by atoms with van der Waals surface area (Å²) in [5.41, 5.74) is 20.1. The minimum absolute atomic E-state index is 0.715. The molecule has 1 aliphatic carbocycles. The van der Waals surface area contributed by atoms with Gasteiger partial charge in [0.25, 0.3) is 0 Å². The highest BCUT2D eigenvalue weighted by Gasteiger charge is 2.24. The molecule has 0 aliphatic heterocycles. The summed E-state index contributed by atoms with van der Waals surface area (Å²) in [6.45, 7) is 0. The van der Waals surface area contributed by atoms with Gasteiger partial charge in [0.2, 0.25) is 0 Å². The number of fused-ring (bicyclic) bond motifs is 5. The molecule has 0 unspecified atom stereocenters. The van der Waals surface area contributed by atoms with Crippen molar-refractivity contribution >= 4 is 10.8 Å². The van der Waals surface area contributed by atoms with Gasteiger partial charge in [-0.15, -0.1) is 0 Å². The van der Waals surface area contributed by atoms with Crippen LogP contribution in [0.3, 0.4) is 0 Å². The molecule has 10 aromatic rings. The molecule has 9 aromatic carbocycles. The van der Waals surface area contributed by atoms with Crippen molar-refractivity contribution in [2.75, 3.05) is 0 Å². The minimum atomic E-state index is 0.715. The van der Waals surface area contributed by atoms with E-state index in [9.17, 15) is 0 Å². The third-order valence-corrected chi connectivity index (χ3v) is 11.7. The molecule has 276 valence electrons. The van der Waals surface area contributed by atoms with Crippen molar-refractivity contribution in [3.05, 3.63) is 230 Å². The summed E-state index contributed by atoms with van der Waals surface area (Å²) in [5, 5.41) is 2.60. The monoisotopic (exact) mass is 750 g/mol. The lowest BCUT2D eigenvalue weighted by atomic mass is 9.89. The molecule has 1 aromatic heterocycles. The molecule has 1 aliphatic rings. The first-order valence-corrected chi connectivity index (χ1v) is 20.3. The Morgan fingerprint density at radius 1 is 0.271 bits per heavy atom. The van der Waals surface area contributed by atoms with Crippen molar-refractivity contribution in [2.24, 2.45) is 0 Å². The van der Waals surface area contributed by atoms with Gasteiger partial charge < -0.3 is 0 Å². The topological polar surface area (TPSA) is 25.8 Å². The lowest BCUT2D eigenvalue weighted by Gasteiger charge is -2.15. The fourth-order valence-electron chi connectivity index (χ4n) is 8.84. The zero-order valence-corrected chi connectivity index (χ0v) is 32.4. The number of hydrogen-bond acceptors (Lipinski definition) is 2. The SMILES string of the molecule is c1ccc(-c2cc(-c3cccc(-c4cccc(-c5cc6c(c7ccccc57)Cc5ccc(-c7ccccc7-c7ccccc7)cc5-6)c4)c3)nc(-c3ccccc3)n2)cc1. The number of aromatic nitrogens is 2. The molecular formula is C57H38N2. The maximum Gasteiger partial charge on any atom is 0.160 e. The van der Waals surface area contributed by atoms with Crippen LogP contribution < -0.4 is 0 Å². The molecule has 0 spiro atoms. The summed E-state index contributed by atoms with van der Waals surface area (Å²) in [5.74, 6) is 0.715. The number of hydrogen-bond donors (Lipinski definition) is 0. The quantitative estimate of drug-likeness (QED) is 0.162. The fraction of sp³-hybridized carbons (Fsp3) is 0.0175. The van der Waals surface area contributed by atoms with Gasteiger partial charge >= 0.3 is 0 Å². The van der Waals surface area contributed by atoms with E-state index < -0.39 is 0 Å². The van der Waals surface area contributed by atoms with Crippen molar-refractivity contribution in [3.63, 3.8) is 0 Å². The van der Waals surface area contributed by atoms with E-state index in [2.05, 4.69) is 194 Å². The van der Waals surface area contributed by atoms with E-state index in [1.54, 1.807) is 0 Å². The van der Waals surface area contributed by atoms with Crippen LogP contribution in [0.25, 0.3) is 100 Å². The van der Waals surface area contributed by atoms with Gasteiger partial charge in [0.15, 0.2) is 5.82 Å². The van der Waals surface area contributed by atoms with E-state index >= 15 is 0 Å². The molecule has 0 N–H and O–H groups in total. The van der Waals surface area contributed by atoms with Crippen molar-refractivity contribution < 1.29 is 0 Å². The van der Waals surface area contributed by atoms with Crippen molar-refractivity contribution in [2.45, 2.75) is 6.42 Å². The first-order chi connectivity index (χ1) is 29.2. The normalized spacial score (nSPS) is 11.7. The summed E-state index contributed by atoms with van der Waals surface area (Å²) in [7, 11) is 0. The van der Waals surface area contributed by atoms with E-state index in [0.717, 1.165) is 45.6 Å². The van der Waals surface area contributed by atoms with Crippen LogP contribution in [0.5, 0.6) is 0 Å². The smallest absolute Gasteiger partial charge is 0.160 e. The highest BCUT2D eigenvalue weighted by atomic mass is 14.9. The van der Waals surface area contributed by atoms with Gasteiger partial charge in [-0.3, -0.25) is 0 Å². The summed E-state index contributed by atoms with van der Waals surface area (Å²) in [6.07, 6.45) is 0.930. The maximum absolute atomic E-state index is 5.12. The van der Waals surface area contributed by atoms with Crippen LogP contribution in [0.1, 0.15) is 11.1 Å². The number of benzene rings is 9. The van der Waals surface area contributed by atoms with Crippen LogP contribution in [0, 0.1) is 0 Å². The second-order valence-corrected chi connectivity index (χ2v) is 15.3. The summed E-state index contributed by atoms with van der Waals surface area (Å²) >= 11 is 0. The van der Waals surface area contributed by atoms with Crippen LogP contribution in [-0.4, -0.2) is 9.97 Å². The molecule has 1 heterocycles. The highest BCUT2D eigenvalue weighted by Crippen LogP contribution is 2.46. The second-order valence-electron chi connectivity index (χ2n) is 15.3. The second kappa shape index (κ2) is 14.7. The number of rotatable bonds is 7.